The number of sulfone groups is 1. The minimum Gasteiger partial charge on any atom is -0.369 e. The van der Waals surface area contributed by atoms with E-state index in [-0.39, 0.29) is 22.6 Å². The van der Waals surface area contributed by atoms with Crippen molar-refractivity contribution in [3.63, 3.8) is 0 Å². The van der Waals surface area contributed by atoms with E-state index in [9.17, 15) is 18.0 Å². The van der Waals surface area contributed by atoms with E-state index in [0.29, 0.717) is 37.1 Å². The van der Waals surface area contributed by atoms with Crippen LogP contribution in [-0.4, -0.2) is 44.5 Å². The standard InChI is InChI=1S/C15H20N2O4S/c1-10-3-4-12(9-13(10)22(2,20)21)15(19)17-7-5-11(6-8-17)14(16)18/h3-4,9,11H,5-8H2,1-2H3,(H2,16,18). The highest BCUT2D eigenvalue weighted by atomic mass is 32.2. The van der Waals surface area contributed by atoms with Gasteiger partial charge in [0.2, 0.25) is 5.91 Å². The molecule has 2 amide bonds. The van der Waals surface area contributed by atoms with Gasteiger partial charge in [0.05, 0.1) is 4.90 Å². The number of amides is 2. The van der Waals surface area contributed by atoms with Crippen LogP contribution in [0.1, 0.15) is 28.8 Å². The number of carbonyl (C=O) groups is 2. The third kappa shape index (κ3) is 3.47. The van der Waals surface area contributed by atoms with Crippen molar-refractivity contribution >= 4 is 21.7 Å². The number of nitrogens with two attached hydrogens (primary N) is 1. The van der Waals surface area contributed by atoms with E-state index < -0.39 is 9.84 Å². The van der Waals surface area contributed by atoms with Gasteiger partial charge in [-0.05, 0) is 37.5 Å². The summed E-state index contributed by atoms with van der Waals surface area (Å²) in [5.74, 6) is -0.733. The van der Waals surface area contributed by atoms with Crippen molar-refractivity contribution in [1.29, 1.82) is 0 Å². The molecule has 0 bridgehead atoms. The zero-order valence-corrected chi connectivity index (χ0v) is 13.5. The van der Waals surface area contributed by atoms with Crippen LogP contribution in [0, 0.1) is 12.8 Å². The minimum atomic E-state index is -3.37. The van der Waals surface area contributed by atoms with Gasteiger partial charge >= 0.3 is 0 Å². The highest BCUT2D eigenvalue weighted by Gasteiger charge is 2.27. The second-order valence-corrected chi connectivity index (χ2v) is 7.71. The van der Waals surface area contributed by atoms with Crippen LogP contribution in [-0.2, 0) is 14.6 Å². The van der Waals surface area contributed by atoms with Gasteiger partial charge in [-0.1, -0.05) is 6.07 Å². The molecule has 0 unspecified atom stereocenters. The van der Waals surface area contributed by atoms with Gasteiger partial charge < -0.3 is 10.6 Å². The zero-order chi connectivity index (χ0) is 16.5. The number of benzene rings is 1. The lowest BCUT2D eigenvalue weighted by atomic mass is 9.96. The summed E-state index contributed by atoms with van der Waals surface area (Å²) < 4.78 is 23.5. The first-order valence-electron chi connectivity index (χ1n) is 7.09. The molecule has 7 heteroatoms. The van der Waals surface area contributed by atoms with Gasteiger partial charge in [-0.2, -0.15) is 0 Å². The summed E-state index contributed by atoms with van der Waals surface area (Å²) >= 11 is 0. The van der Waals surface area contributed by atoms with Crippen LogP contribution in [0.3, 0.4) is 0 Å². The number of carbonyl (C=O) groups excluding carboxylic acids is 2. The molecule has 1 saturated heterocycles. The maximum absolute atomic E-state index is 12.5. The van der Waals surface area contributed by atoms with Crippen molar-refractivity contribution in [1.82, 2.24) is 4.90 Å². The van der Waals surface area contributed by atoms with Crippen LogP contribution in [0.2, 0.25) is 0 Å². The number of hydrogen-bond donors (Lipinski definition) is 1. The normalized spacial score (nSPS) is 16.5. The number of piperidine rings is 1. The minimum absolute atomic E-state index is 0.172. The lowest BCUT2D eigenvalue weighted by Crippen LogP contribution is -2.41. The summed E-state index contributed by atoms with van der Waals surface area (Å²) in [6, 6.07) is 4.69. The Kier molecular flexibility index (Phi) is 4.55. The topological polar surface area (TPSA) is 97.5 Å². The largest absolute Gasteiger partial charge is 0.369 e. The Morgan fingerprint density at radius 2 is 1.82 bits per heavy atom. The average Bonchev–Trinajstić information content (AvgIpc) is 2.46. The van der Waals surface area contributed by atoms with Gasteiger partial charge in [0.1, 0.15) is 0 Å². The quantitative estimate of drug-likeness (QED) is 0.886. The van der Waals surface area contributed by atoms with Crippen LogP contribution in [0.25, 0.3) is 0 Å². The summed E-state index contributed by atoms with van der Waals surface area (Å²) in [4.78, 5) is 25.4. The van der Waals surface area contributed by atoms with Crippen molar-refractivity contribution < 1.29 is 18.0 Å². The fourth-order valence-electron chi connectivity index (χ4n) is 2.68. The predicted molar refractivity (Wildman–Crippen MR) is 82.1 cm³/mol. The van der Waals surface area contributed by atoms with Crippen LogP contribution in [0.15, 0.2) is 23.1 Å². The number of likely N-dealkylation sites (tertiary alicyclic amines) is 1. The number of primary amides is 1. The number of rotatable bonds is 3. The van der Waals surface area contributed by atoms with Gasteiger partial charge in [-0.3, -0.25) is 9.59 Å². The monoisotopic (exact) mass is 324 g/mol. The smallest absolute Gasteiger partial charge is 0.253 e. The Morgan fingerprint density at radius 1 is 1.23 bits per heavy atom. The maximum Gasteiger partial charge on any atom is 0.253 e. The molecule has 120 valence electrons. The highest BCUT2D eigenvalue weighted by molar-refractivity contribution is 7.90. The number of hydrogen-bond acceptors (Lipinski definition) is 4. The molecule has 1 aromatic carbocycles. The van der Waals surface area contributed by atoms with Crippen molar-refractivity contribution in [3.05, 3.63) is 29.3 Å². The first kappa shape index (κ1) is 16.5. The van der Waals surface area contributed by atoms with Gasteiger partial charge in [0.25, 0.3) is 5.91 Å². The Hall–Kier alpha value is -1.89. The molecule has 0 aromatic heterocycles. The Morgan fingerprint density at radius 3 is 2.32 bits per heavy atom. The third-order valence-corrected chi connectivity index (χ3v) is 5.26. The third-order valence-electron chi connectivity index (χ3n) is 4.02. The second kappa shape index (κ2) is 6.08. The molecule has 0 saturated carbocycles. The van der Waals surface area contributed by atoms with Crippen LogP contribution in [0.4, 0.5) is 0 Å². The molecule has 2 N–H and O–H groups in total. The average molecular weight is 324 g/mol. The molecule has 1 heterocycles. The van der Waals surface area contributed by atoms with E-state index >= 15 is 0 Å². The molecule has 1 aliphatic rings. The fraction of sp³-hybridized carbons (Fsp3) is 0.467. The van der Waals surface area contributed by atoms with E-state index in [0.717, 1.165) is 6.26 Å². The summed E-state index contributed by atoms with van der Waals surface area (Å²) in [6.45, 7) is 2.60. The Balaban J connectivity index is 2.19. The lowest BCUT2D eigenvalue weighted by Gasteiger charge is -2.30. The molecule has 0 atom stereocenters. The molecule has 6 nitrogen and oxygen atoms in total. The van der Waals surface area contributed by atoms with Crippen molar-refractivity contribution in [3.8, 4) is 0 Å². The number of nitrogens with zero attached hydrogens (tertiary/aromatic N) is 1. The van der Waals surface area contributed by atoms with Crippen molar-refractivity contribution in [2.45, 2.75) is 24.7 Å². The Labute approximate surface area is 130 Å². The Bertz CT molecular complexity index is 704. The molecule has 0 spiro atoms. The van der Waals surface area contributed by atoms with Crippen LogP contribution < -0.4 is 5.73 Å². The zero-order valence-electron chi connectivity index (χ0n) is 12.7. The first-order chi connectivity index (χ1) is 10.2. The summed E-state index contributed by atoms with van der Waals surface area (Å²) in [7, 11) is -3.37. The molecule has 1 aromatic rings. The van der Waals surface area contributed by atoms with Gasteiger partial charge in [0.15, 0.2) is 9.84 Å². The summed E-state index contributed by atoms with van der Waals surface area (Å²) in [5.41, 5.74) is 6.24. The molecule has 1 fully saturated rings. The first-order valence-corrected chi connectivity index (χ1v) is 8.98. The van der Waals surface area contributed by atoms with Gasteiger partial charge in [0, 0.05) is 30.8 Å². The van der Waals surface area contributed by atoms with Crippen molar-refractivity contribution in [2.24, 2.45) is 11.7 Å². The summed E-state index contributed by atoms with van der Waals surface area (Å²) in [5, 5.41) is 0. The van der Waals surface area contributed by atoms with Crippen molar-refractivity contribution in [2.75, 3.05) is 19.3 Å². The van der Waals surface area contributed by atoms with Crippen LogP contribution in [0.5, 0.6) is 0 Å². The van der Waals surface area contributed by atoms with E-state index in [2.05, 4.69) is 0 Å². The molecular formula is C15H20N2O4S. The summed E-state index contributed by atoms with van der Waals surface area (Å²) in [6.07, 6.45) is 2.22. The molecule has 1 aliphatic heterocycles. The van der Waals surface area contributed by atoms with E-state index in [1.165, 1.54) is 6.07 Å². The van der Waals surface area contributed by atoms with E-state index in [1.54, 1.807) is 24.0 Å². The highest BCUT2D eigenvalue weighted by Crippen LogP contribution is 2.21. The van der Waals surface area contributed by atoms with E-state index in [1.807, 2.05) is 0 Å². The number of aryl methyl sites for hydroxylation is 1. The molecule has 22 heavy (non-hydrogen) atoms. The van der Waals surface area contributed by atoms with E-state index in [4.69, 9.17) is 5.73 Å². The molecule has 2 rings (SSSR count). The maximum atomic E-state index is 12.5. The lowest BCUT2D eigenvalue weighted by molar-refractivity contribution is -0.123. The molecule has 0 radical (unpaired) electrons. The molecule has 0 aliphatic carbocycles. The fourth-order valence-corrected chi connectivity index (χ4v) is 3.68. The molecular weight excluding hydrogens is 304 g/mol. The second-order valence-electron chi connectivity index (χ2n) is 5.72. The SMILES string of the molecule is Cc1ccc(C(=O)N2CCC(C(N)=O)CC2)cc1S(C)(=O)=O. The van der Waals surface area contributed by atoms with Crippen LogP contribution >= 0.6 is 0 Å². The van der Waals surface area contributed by atoms with Gasteiger partial charge in [-0.15, -0.1) is 0 Å². The predicted octanol–water partition coefficient (Wildman–Crippen LogP) is 0.736. The van der Waals surface area contributed by atoms with Gasteiger partial charge in [-0.25, -0.2) is 8.42 Å².